The molecule has 0 radical (unpaired) electrons. The summed E-state index contributed by atoms with van der Waals surface area (Å²) in [6, 6.07) is 0.0769. The van der Waals surface area contributed by atoms with Crippen molar-refractivity contribution in [2.45, 2.75) is 45.6 Å². The van der Waals surface area contributed by atoms with Crippen LogP contribution in [-0.4, -0.2) is 29.0 Å². The fourth-order valence-electron chi connectivity index (χ4n) is 1.82. The number of rotatable bonds is 3. The fraction of sp³-hybridized carbons (Fsp3) is 0.909. The third kappa shape index (κ3) is 2.92. The van der Waals surface area contributed by atoms with Crippen LogP contribution >= 0.6 is 12.2 Å². The van der Waals surface area contributed by atoms with Crippen molar-refractivity contribution in [2.75, 3.05) is 13.1 Å². The van der Waals surface area contributed by atoms with Crippen LogP contribution in [0.2, 0.25) is 0 Å². The molecule has 0 amide bonds. The Morgan fingerprint density at radius 2 is 1.93 bits per heavy atom. The zero-order valence-corrected chi connectivity index (χ0v) is 10.1. The third-order valence-corrected chi connectivity index (χ3v) is 3.74. The maximum atomic E-state index is 6.12. The average Bonchev–Trinajstić information content (AvgIpc) is 2.27. The van der Waals surface area contributed by atoms with Gasteiger partial charge in [0.1, 0.15) is 0 Å². The summed E-state index contributed by atoms with van der Waals surface area (Å²) in [5, 5.41) is 0. The molecule has 0 aromatic rings. The van der Waals surface area contributed by atoms with E-state index in [4.69, 9.17) is 18.0 Å². The average molecular weight is 214 g/mol. The largest absolute Gasteiger partial charge is 0.365 e. The monoisotopic (exact) mass is 214 g/mol. The minimum absolute atomic E-state index is 0.0769. The molecule has 1 unspecified atom stereocenters. The fourth-order valence-corrected chi connectivity index (χ4v) is 2.24. The van der Waals surface area contributed by atoms with Crippen LogP contribution in [0, 0.1) is 5.92 Å². The molecule has 0 spiro atoms. The van der Waals surface area contributed by atoms with Gasteiger partial charge in [0.05, 0.1) is 11.0 Å². The van der Waals surface area contributed by atoms with Crippen molar-refractivity contribution >= 4 is 17.2 Å². The quantitative estimate of drug-likeness (QED) is 0.730. The molecule has 2 atom stereocenters. The van der Waals surface area contributed by atoms with Gasteiger partial charge in [-0.2, -0.15) is 0 Å². The molecule has 2 N–H and O–H groups in total. The Bertz CT molecular complexity index is 184. The summed E-state index contributed by atoms with van der Waals surface area (Å²) in [7, 11) is 0. The van der Waals surface area contributed by atoms with Gasteiger partial charge in [-0.15, -0.1) is 0 Å². The van der Waals surface area contributed by atoms with E-state index in [9.17, 15) is 0 Å². The van der Waals surface area contributed by atoms with Crippen molar-refractivity contribution in [3.8, 4) is 0 Å². The van der Waals surface area contributed by atoms with Gasteiger partial charge in [0.15, 0.2) is 0 Å². The highest BCUT2D eigenvalue weighted by Gasteiger charge is 2.22. The van der Waals surface area contributed by atoms with Crippen molar-refractivity contribution < 1.29 is 0 Å². The van der Waals surface area contributed by atoms with Gasteiger partial charge in [-0.05, 0) is 25.2 Å². The van der Waals surface area contributed by atoms with Crippen molar-refractivity contribution in [3.05, 3.63) is 0 Å². The number of hydrogen-bond donors (Lipinski definition) is 1. The van der Waals surface area contributed by atoms with E-state index in [1.165, 1.54) is 19.3 Å². The van der Waals surface area contributed by atoms with Crippen LogP contribution in [0.1, 0.15) is 39.5 Å². The van der Waals surface area contributed by atoms with Crippen molar-refractivity contribution in [1.82, 2.24) is 4.90 Å². The van der Waals surface area contributed by atoms with Gasteiger partial charge in [0, 0.05) is 13.1 Å². The van der Waals surface area contributed by atoms with E-state index in [1.54, 1.807) is 0 Å². The molecule has 1 heterocycles. The number of hydrogen-bond acceptors (Lipinski definition) is 2. The van der Waals surface area contributed by atoms with Crippen LogP contribution in [0.15, 0.2) is 0 Å². The van der Waals surface area contributed by atoms with E-state index in [0.717, 1.165) is 24.5 Å². The van der Waals surface area contributed by atoms with Gasteiger partial charge in [-0.25, -0.2) is 0 Å². The predicted molar refractivity (Wildman–Crippen MR) is 65.5 cm³/mol. The maximum Gasteiger partial charge on any atom is 0.0952 e. The van der Waals surface area contributed by atoms with E-state index in [-0.39, 0.29) is 6.04 Å². The second-order valence-corrected chi connectivity index (χ2v) is 4.72. The van der Waals surface area contributed by atoms with Crippen LogP contribution < -0.4 is 5.73 Å². The van der Waals surface area contributed by atoms with Crippen LogP contribution in [0.3, 0.4) is 0 Å². The zero-order valence-electron chi connectivity index (χ0n) is 9.33. The first-order valence-electron chi connectivity index (χ1n) is 5.71. The Morgan fingerprint density at radius 3 is 2.43 bits per heavy atom. The molecule has 2 nitrogen and oxygen atoms in total. The van der Waals surface area contributed by atoms with Gasteiger partial charge in [-0.1, -0.05) is 32.5 Å². The third-order valence-electron chi connectivity index (χ3n) is 3.21. The molecular formula is C11H22N2S. The van der Waals surface area contributed by atoms with Crippen molar-refractivity contribution in [1.29, 1.82) is 0 Å². The van der Waals surface area contributed by atoms with E-state index in [0.29, 0.717) is 5.92 Å². The zero-order chi connectivity index (χ0) is 10.6. The Kier molecular flexibility index (Phi) is 4.82. The first kappa shape index (κ1) is 11.9. The number of piperidine rings is 1. The van der Waals surface area contributed by atoms with Gasteiger partial charge >= 0.3 is 0 Å². The van der Waals surface area contributed by atoms with Gasteiger partial charge in [0.2, 0.25) is 0 Å². The lowest BCUT2D eigenvalue weighted by Crippen LogP contribution is -2.47. The number of likely N-dealkylation sites (tertiary alicyclic amines) is 1. The smallest absolute Gasteiger partial charge is 0.0952 e. The van der Waals surface area contributed by atoms with Crippen molar-refractivity contribution in [3.63, 3.8) is 0 Å². The molecule has 1 aliphatic heterocycles. The molecule has 0 aliphatic carbocycles. The molecule has 0 bridgehead atoms. The van der Waals surface area contributed by atoms with E-state index >= 15 is 0 Å². The van der Waals surface area contributed by atoms with E-state index in [2.05, 4.69) is 18.7 Å². The number of thiocarbonyl (C=S) groups is 1. The lowest BCUT2D eigenvalue weighted by Gasteiger charge is -2.33. The summed E-state index contributed by atoms with van der Waals surface area (Å²) in [6.45, 7) is 6.58. The summed E-state index contributed by atoms with van der Waals surface area (Å²) in [5.74, 6) is 0.504. The molecule has 1 saturated heterocycles. The van der Waals surface area contributed by atoms with E-state index in [1.807, 2.05) is 0 Å². The van der Waals surface area contributed by atoms with Crippen molar-refractivity contribution in [2.24, 2.45) is 11.7 Å². The summed E-state index contributed by atoms with van der Waals surface area (Å²) >= 11 is 5.44. The predicted octanol–water partition coefficient (Wildman–Crippen LogP) is 2.17. The van der Waals surface area contributed by atoms with Gasteiger partial charge in [0.25, 0.3) is 0 Å². The second-order valence-electron chi connectivity index (χ2n) is 4.30. The summed E-state index contributed by atoms with van der Waals surface area (Å²) in [4.78, 5) is 3.29. The topological polar surface area (TPSA) is 29.3 Å². The highest BCUT2D eigenvalue weighted by Crippen LogP contribution is 2.14. The molecule has 1 rings (SSSR count). The minimum Gasteiger partial charge on any atom is -0.365 e. The van der Waals surface area contributed by atoms with Crippen LogP contribution in [-0.2, 0) is 0 Å². The standard InChI is InChI=1S/C11H22N2S/c1-3-9(2)10(12)11(14)13-7-5-4-6-8-13/h9-10H,3-8,12H2,1-2H3/t9?,10-/m0/s1. The maximum absolute atomic E-state index is 6.12. The molecule has 82 valence electrons. The molecule has 0 aromatic heterocycles. The molecule has 1 aliphatic rings. The lowest BCUT2D eigenvalue weighted by atomic mass is 9.98. The summed E-state index contributed by atoms with van der Waals surface area (Å²) in [6.07, 6.45) is 4.99. The Morgan fingerprint density at radius 1 is 1.36 bits per heavy atom. The SMILES string of the molecule is CCC(C)[C@H](N)C(=S)N1CCCCC1. The van der Waals surface area contributed by atoms with E-state index < -0.39 is 0 Å². The first-order chi connectivity index (χ1) is 6.66. The van der Waals surface area contributed by atoms with Crippen LogP contribution in [0.4, 0.5) is 0 Å². The number of nitrogens with two attached hydrogens (primary N) is 1. The molecule has 1 fully saturated rings. The van der Waals surface area contributed by atoms with Gasteiger partial charge < -0.3 is 10.6 Å². The molecule has 3 heteroatoms. The normalized spacial score (nSPS) is 21.8. The molecule has 0 saturated carbocycles. The highest BCUT2D eigenvalue weighted by molar-refractivity contribution is 7.80. The van der Waals surface area contributed by atoms with Gasteiger partial charge in [-0.3, -0.25) is 0 Å². The molecule has 0 aromatic carbocycles. The Hall–Kier alpha value is -0.150. The first-order valence-corrected chi connectivity index (χ1v) is 6.12. The summed E-state index contributed by atoms with van der Waals surface area (Å²) in [5.41, 5.74) is 6.12. The van der Waals surface area contributed by atoms with Crippen LogP contribution in [0.25, 0.3) is 0 Å². The Labute approximate surface area is 92.8 Å². The Balaban J connectivity index is 2.46. The summed E-state index contributed by atoms with van der Waals surface area (Å²) < 4.78 is 0. The second kappa shape index (κ2) is 5.66. The molecular weight excluding hydrogens is 192 g/mol. The van der Waals surface area contributed by atoms with Crippen LogP contribution in [0.5, 0.6) is 0 Å². The molecule has 14 heavy (non-hydrogen) atoms. The lowest BCUT2D eigenvalue weighted by molar-refractivity contribution is 0.330. The minimum atomic E-state index is 0.0769. The highest BCUT2D eigenvalue weighted by atomic mass is 32.1. The number of nitrogens with zero attached hydrogens (tertiary/aromatic N) is 1.